The van der Waals surface area contributed by atoms with E-state index in [1.807, 2.05) is 29.9 Å². The summed E-state index contributed by atoms with van der Waals surface area (Å²) in [6, 6.07) is 5.66. The van der Waals surface area contributed by atoms with Crippen LogP contribution in [0, 0.1) is 0 Å². The van der Waals surface area contributed by atoms with Gasteiger partial charge in [0.25, 0.3) is 0 Å². The molecule has 0 radical (unpaired) electrons. The molecule has 0 aliphatic heterocycles. The average molecular weight is 217 g/mol. The van der Waals surface area contributed by atoms with Crippen molar-refractivity contribution in [3.8, 4) is 0 Å². The minimum atomic E-state index is 0.674. The molecule has 3 N–H and O–H groups in total. The summed E-state index contributed by atoms with van der Waals surface area (Å²) in [5, 5.41) is 7.31. The standard InChI is InChI=1S/C11H15N5/c1-16-9(5-8-15-16)4-7-14-11-10(12)3-2-6-13-11/h2-3,5-6,8H,4,7,12H2,1H3,(H,13,14). The number of pyridine rings is 1. The molecule has 0 aliphatic rings. The summed E-state index contributed by atoms with van der Waals surface area (Å²) in [4.78, 5) is 4.16. The van der Waals surface area contributed by atoms with Crippen LogP contribution < -0.4 is 11.1 Å². The summed E-state index contributed by atoms with van der Waals surface area (Å²) < 4.78 is 1.86. The maximum Gasteiger partial charge on any atom is 0.149 e. The van der Waals surface area contributed by atoms with Crippen LogP contribution in [0.3, 0.4) is 0 Å². The second-order valence-corrected chi connectivity index (χ2v) is 3.56. The summed E-state index contributed by atoms with van der Waals surface area (Å²) in [5.74, 6) is 0.740. The van der Waals surface area contributed by atoms with Gasteiger partial charge in [0.05, 0.1) is 5.69 Å². The molecular weight excluding hydrogens is 202 g/mol. The third-order valence-corrected chi connectivity index (χ3v) is 2.43. The number of nitrogens with one attached hydrogen (secondary N) is 1. The van der Waals surface area contributed by atoms with Gasteiger partial charge in [-0.2, -0.15) is 5.10 Å². The Labute approximate surface area is 94.3 Å². The zero-order chi connectivity index (χ0) is 11.4. The Morgan fingerprint density at radius 1 is 1.38 bits per heavy atom. The third kappa shape index (κ3) is 2.31. The number of aryl methyl sites for hydroxylation is 1. The zero-order valence-electron chi connectivity index (χ0n) is 9.22. The largest absolute Gasteiger partial charge is 0.396 e. The number of nitrogens with zero attached hydrogens (tertiary/aromatic N) is 3. The van der Waals surface area contributed by atoms with Gasteiger partial charge in [-0.25, -0.2) is 4.98 Å². The summed E-state index contributed by atoms with van der Waals surface area (Å²) >= 11 is 0. The fraction of sp³-hybridized carbons (Fsp3) is 0.273. The summed E-state index contributed by atoms with van der Waals surface area (Å²) in [7, 11) is 1.93. The molecule has 2 aromatic rings. The van der Waals surface area contributed by atoms with E-state index in [0.717, 1.165) is 18.8 Å². The molecule has 0 fully saturated rings. The molecular formula is C11H15N5. The van der Waals surface area contributed by atoms with E-state index < -0.39 is 0 Å². The minimum absolute atomic E-state index is 0.674. The maximum absolute atomic E-state index is 5.77. The number of hydrogen-bond donors (Lipinski definition) is 2. The van der Waals surface area contributed by atoms with Crippen LogP contribution in [0.4, 0.5) is 11.5 Å². The van der Waals surface area contributed by atoms with Crippen molar-refractivity contribution in [2.75, 3.05) is 17.6 Å². The predicted molar refractivity (Wildman–Crippen MR) is 64.1 cm³/mol. The molecule has 0 unspecified atom stereocenters. The maximum atomic E-state index is 5.77. The van der Waals surface area contributed by atoms with Gasteiger partial charge in [0, 0.05) is 38.1 Å². The lowest BCUT2D eigenvalue weighted by Crippen LogP contribution is -2.10. The van der Waals surface area contributed by atoms with Crippen molar-refractivity contribution in [2.24, 2.45) is 7.05 Å². The van der Waals surface area contributed by atoms with Gasteiger partial charge in [-0.1, -0.05) is 0 Å². The van der Waals surface area contributed by atoms with E-state index in [4.69, 9.17) is 5.73 Å². The van der Waals surface area contributed by atoms with Crippen LogP contribution in [0.25, 0.3) is 0 Å². The number of hydrogen-bond acceptors (Lipinski definition) is 4. The Hall–Kier alpha value is -2.04. The fourth-order valence-electron chi connectivity index (χ4n) is 1.52. The van der Waals surface area contributed by atoms with Crippen molar-refractivity contribution in [1.29, 1.82) is 0 Å². The second kappa shape index (κ2) is 4.65. The van der Waals surface area contributed by atoms with Gasteiger partial charge < -0.3 is 11.1 Å². The third-order valence-electron chi connectivity index (χ3n) is 2.43. The molecule has 0 saturated heterocycles. The van der Waals surface area contributed by atoms with Crippen molar-refractivity contribution in [2.45, 2.75) is 6.42 Å². The Balaban J connectivity index is 1.89. The van der Waals surface area contributed by atoms with Crippen LogP contribution in [-0.2, 0) is 13.5 Å². The zero-order valence-corrected chi connectivity index (χ0v) is 9.22. The molecule has 0 bridgehead atoms. The first-order valence-corrected chi connectivity index (χ1v) is 5.18. The van der Waals surface area contributed by atoms with Gasteiger partial charge in [0.1, 0.15) is 5.82 Å². The molecule has 2 heterocycles. The highest BCUT2D eigenvalue weighted by Crippen LogP contribution is 2.12. The highest BCUT2D eigenvalue weighted by Gasteiger charge is 2.00. The summed E-state index contributed by atoms with van der Waals surface area (Å²) in [6.07, 6.45) is 4.42. The number of rotatable bonds is 4. The number of nitrogen functional groups attached to an aromatic ring is 1. The normalized spacial score (nSPS) is 10.3. The molecule has 2 aromatic heterocycles. The van der Waals surface area contributed by atoms with E-state index in [1.54, 1.807) is 12.4 Å². The Bertz CT molecular complexity index is 463. The van der Waals surface area contributed by atoms with Gasteiger partial charge in [-0.15, -0.1) is 0 Å². The van der Waals surface area contributed by atoms with E-state index in [9.17, 15) is 0 Å². The highest BCUT2D eigenvalue weighted by atomic mass is 15.3. The first-order chi connectivity index (χ1) is 7.77. The topological polar surface area (TPSA) is 68.8 Å². The van der Waals surface area contributed by atoms with E-state index in [-0.39, 0.29) is 0 Å². The Morgan fingerprint density at radius 2 is 2.25 bits per heavy atom. The van der Waals surface area contributed by atoms with Crippen LogP contribution in [0.5, 0.6) is 0 Å². The summed E-state index contributed by atoms with van der Waals surface area (Å²) in [5.41, 5.74) is 7.62. The van der Waals surface area contributed by atoms with Gasteiger partial charge in [-0.3, -0.25) is 4.68 Å². The molecule has 2 rings (SSSR count). The molecule has 5 heteroatoms. The summed E-state index contributed by atoms with van der Waals surface area (Å²) in [6.45, 7) is 0.792. The van der Waals surface area contributed by atoms with E-state index >= 15 is 0 Å². The molecule has 0 amide bonds. The first kappa shape index (κ1) is 10.5. The van der Waals surface area contributed by atoms with Crippen LogP contribution in [-0.4, -0.2) is 21.3 Å². The molecule has 0 aromatic carbocycles. The Morgan fingerprint density at radius 3 is 2.94 bits per heavy atom. The van der Waals surface area contributed by atoms with Crippen molar-refractivity contribution in [3.63, 3.8) is 0 Å². The number of nitrogens with two attached hydrogens (primary N) is 1. The lowest BCUT2D eigenvalue weighted by molar-refractivity contribution is 0.711. The van der Waals surface area contributed by atoms with Crippen molar-refractivity contribution in [3.05, 3.63) is 36.3 Å². The molecule has 0 saturated carbocycles. The first-order valence-electron chi connectivity index (χ1n) is 5.18. The molecule has 16 heavy (non-hydrogen) atoms. The Kier molecular flexibility index (Phi) is 3.05. The minimum Gasteiger partial charge on any atom is -0.396 e. The smallest absolute Gasteiger partial charge is 0.149 e. The van der Waals surface area contributed by atoms with Gasteiger partial charge in [0.2, 0.25) is 0 Å². The SMILES string of the molecule is Cn1nccc1CCNc1ncccc1N. The number of aromatic nitrogens is 3. The van der Waals surface area contributed by atoms with Crippen molar-refractivity contribution in [1.82, 2.24) is 14.8 Å². The lowest BCUT2D eigenvalue weighted by atomic mass is 10.3. The lowest BCUT2D eigenvalue weighted by Gasteiger charge is -2.07. The van der Waals surface area contributed by atoms with Crippen LogP contribution in [0.1, 0.15) is 5.69 Å². The van der Waals surface area contributed by atoms with Crippen LogP contribution in [0.15, 0.2) is 30.6 Å². The molecule has 84 valence electrons. The second-order valence-electron chi connectivity index (χ2n) is 3.56. The van der Waals surface area contributed by atoms with Gasteiger partial charge in [0.15, 0.2) is 0 Å². The van der Waals surface area contributed by atoms with E-state index in [0.29, 0.717) is 5.69 Å². The van der Waals surface area contributed by atoms with Crippen molar-refractivity contribution < 1.29 is 0 Å². The van der Waals surface area contributed by atoms with Crippen LogP contribution in [0.2, 0.25) is 0 Å². The van der Waals surface area contributed by atoms with E-state index in [2.05, 4.69) is 15.4 Å². The van der Waals surface area contributed by atoms with Crippen molar-refractivity contribution >= 4 is 11.5 Å². The van der Waals surface area contributed by atoms with Gasteiger partial charge in [-0.05, 0) is 18.2 Å². The fourth-order valence-corrected chi connectivity index (χ4v) is 1.52. The average Bonchev–Trinajstić information content (AvgIpc) is 2.67. The predicted octanol–water partition coefficient (Wildman–Crippen LogP) is 1.05. The molecule has 5 nitrogen and oxygen atoms in total. The van der Waals surface area contributed by atoms with Gasteiger partial charge >= 0.3 is 0 Å². The molecule has 0 aliphatic carbocycles. The highest BCUT2D eigenvalue weighted by molar-refractivity contribution is 5.60. The van der Waals surface area contributed by atoms with E-state index in [1.165, 1.54) is 5.69 Å². The van der Waals surface area contributed by atoms with Crippen LogP contribution >= 0.6 is 0 Å². The monoisotopic (exact) mass is 217 g/mol. The molecule has 0 spiro atoms. The molecule has 0 atom stereocenters. The quantitative estimate of drug-likeness (QED) is 0.803. The number of anilines is 2.